The number of thiophene rings is 1. The number of rotatable bonds is 6. The van der Waals surface area contributed by atoms with Gasteiger partial charge >= 0.3 is 5.97 Å². The SMILES string of the molecule is O=C(O)c1sccc1S(=O)(=O)NC[C@H](O)c1ccccc1. The molecular formula is C13H13NO5S2. The van der Waals surface area contributed by atoms with E-state index in [1.54, 1.807) is 30.3 Å². The summed E-state index contributed by atoms with van der Waals surface area (Å²) < 4.78 is 26.4. The van der Waals surface area contributed by atoms with Crippen LogP contribution in [-0.2, 0) is 10.0 Å². The van der Waals surface area contributed by atoms with Gasteiger partial charge in [0, 0.05) is 6.54 Å². The first-order valence-corrected chi connectivity index (χ1v) is 8.31. The van der Waals surface area contributed by atoms with Gasteiger partial charge in [-0.2, -0.15) is 0 Å². The van der Waals surface area contributed by atoms with E-state index >= 15 is 0 Å². The zero-order valence-corrected chi connectivity index (χ0v) is 12.4. The van der Waals surface area contributed by atoms with Crippen LogP contribution >= 0.6 is 11.3 Å². The molecule has 1 aromatic carbocycles. The Morgan fingerprint density at radius 1 is 1.24 bits per heavy atom. The quantitative estimate of drug-likeness (QED) is 0.745. The maximum Gasteiger partial charge on any atom is 0.347 e. The number of aliphatic hydroxyl groups is 1. The Morgan fingerprint density at radius 2 is 1.90 bits per heavy atom. The molecule has 0 spiro atoms. The summed E-state index contributed by atoms with van der Waals surface area (Å²) in [6.45, 7) is -0.235. The van der Waals surface area contributed by atoms with Crippen LogP contribution in [0.4, 0.5) is 0 Å². The summed E-state index contributed by atoms with van der Waals surface area (Å²) in [5.74, 6) is -1.30. The highest BCUT2D eigenvalue weighted by Crippen LogP contribution is 2.22. The standard InChI is InChI=1S/C13H13NO5S2/c15-10(9-4-2-1-3-5-9)8-14-21(18,19)11-6-7-20-12(11)13(16)17/h1-7,10,14-15H,8H2,(H,16,17)/t10-/m0/s1. The number of carboxylic acids is 1. The minimum Gasteiger partial charge on any atom is -0.477 e. The molecule has 0 aliphatic heterocycles. The molecule has 0 fully saturated rings. The molecule has 8 heteroatoms. The van der Waals surface area contributed by atoms with Gasteiger partial charge in [-0.05, 0) is 17.0 Å². The van der Waals surface area contributed by atoms with E-state index in [1.165, 1.54) is 11.4 Å². The number of aromatic carboxylic acids is 1. The fourth-order valence-electron chi connectivity index (χ4n) is 1.72. The van der Waals surface area contributed by atoms with E-state index < -0.39 is 22.1 Å². The van der Waals surface area contributed by atoms with Gasteiger partial charge in [0.1, 0.15) is 9.77 Å². The lowest BCUT2D eigenvalue weighted by molar-refractivity contribution is 0.0698. The number of hydrogen-bond acceptors (Lipinski definition) is 5. The summed E-state index contributed by atoms with van der Waals surface area (Å²) in [5.41, 5.74) is 0.573. The number of carbonyl (C=O) groups is 1. The highest BCUT2D eigenvalue weighted by molar-refractivity contribution is 7.89. The summed E-state index contributed by atoms with van der Waals surface area (Å²) in [4.78, 5) is 10.4. The van der Waals surface area contributed by atoms with Crippen LogP contribution in [0, 0.1) is 0 Å². The number of benzene rings is 1. The van der Waals surface area contributed by atoms with Crippen molar-refractivity contribution in [2.24, 2.45) is 0 Å². The molecule has 0 unspecified atom stereocenters. The minimum absolute atomic E-state index is 0.235. The average molecular weight is 327 g/mol. The molecule has 3 N–H and O–H groups in total. The van der Waals surface area contributed by atoms with Gasteiger partial charge in [-0.25, -0.2) is 17.9 Å². The van der Waals surface area contributed by atoms with Gasteiger partial charge in [-0.1, -0.05) is 30.3 Å². The monoisotopic (exact) mass is 327 g/mol. The minimum atomic E-state index is -3.98. The first-order valence-electron chi connectivity index (χ1n) is 5.95. The summed E-state index contributed by atoms with van der Waals surface area (Å²) in [5, 5.41) is 20.3. The van der Waals surface area contributed by atoms with Crippen LogP contribution in [0.1, 0.15) is 21.3 Å². The molecule has 1 aromatic heterocycles. The van der Waals surface area contributed by atoms with Crippen molar-refractivity contribution >= 4 is 27.3 Å². The zero-order chi connectivity index (χ0) is 15.5. The van der Waals surface area contributed by atoms with E-state index in [4.69, 9.17) is 5.11 Å². The smallest absolute Gasteiger partial charge is 0.347 e. The maximum absolute atomic E-state index is 12.1. The predicted molar refractivity (Wildman–Crippen MR) is 77.9 cm³/mol. The Kier molecular flexibility index (Phi) is 4.73. The van der Waals surface area contributed by atoms with Crippen molar-refractivity contribution in [3.63, 3.8) is 0 Å². The predicted octanol–water partition coefficient (Wildman–Crippen LogP) is 1.46. The molecule has 1 atom stereocenters. The van der Waals surface area contributed by atoms with E-state index in [-0.39, 0.29) is 16.3 Å². The summed E-state index contributed by atoms with van der Waals surface area (Å²) in [6.07, 6.45) is -1.01. The van der Waals surface area contributed by atoms with E-state index in [0.717, 1.165) is 11.3 Å². The second-order valence-corrected chi connectivity index (χ2v) is 6.85. The Labute approximate surface area is 125 Å². The maximum atomic E-state index is 12.1. The molecule has 0 bridgehead atoms. The van der Waals surface area contributed by atoms with Crippen LogP contribution in [0.2, 0.25) is 0 Å². The van der Waals surface area contributed by atoms with Crippen molar-refractivity contribution in [3.8, 4) is 0 Å². The number of carboxylic acid groups (broad SMARTS) is 1. The van der Waals surface area contributed by atoms with Crippen LogP contribution in [0.15, 0.2) is 46.7 Å². The molecule has 0 amide bonds. The Morgan fingerprint density at radius 3 is 2.52 bits per heavy atom. The number of hydrogen-bond donors (Lipinski definition) is 3. The van der Waals surface area contributed by atoms with Crippen LogP contribution in [0.25, 0.3) is 0 Å². The second kappa shape index (κ2) is 6.35. The van der Waals surface area contributed by atoms with Crippen molar-refractivity contribution in [2.45, 2.75) is 11.0 Å². The molecule has 0 aliphatic rings. The van der Waals surface area contributed by atoms with Crippen LogP contribution < -0.4 is 4.72 Å². The Balaban J connectivity index is 2.12. The first-order chi connectivity index (χ1) is 9.92. The molecule has 0 aliphatic carbocycles. The third-order valence-electron chi connectivity index (χ3n) is 2.76. The Hall–Kier alpha value is -1.74. The van der Waals surface area contributed by atoms with Crippen molar-refractivity contribution in [1.29, 1.82) is 0 Å². The van der Waals surface area contributed by atoms with Crippen molar-refractivity contribution in [3.05, 3.63) is 52.2 Å². The highest BCUT2D eigenvalue weighted by Gasteiger charge is 2.24. The Bertz CT molecular complexity index is 724. The van der Waals surface area contributed by atoms with Crippen molar-refractivity contribution in [2.75, 3.05) is 6.54 Å². The van der Waals surface area contributed by atoms with Gasteiger partial charge in [0.2, 0.25) is 10.0 Å². The van der Waals surface area contributed by atoms with Crippen molar-refractivity contribution < 1.29 is 23.4 Å². The van der Waals surface area contributed by atoms with Crippen LogP contribution in [0.5, 0.6) is 0 Å². The van der Waals surface area contributed by atoms with E-state index in [1.807, 2.05) is 0 Å². The molecule has 1 heterocycles. The summed E-state index contributed by atoms with van der Waals surface area (Å²) in [6, 6.07) is 9.82. The summed E-state index contributed by atoms with van der Waals surface area (Å²) in [7, 11) is -3.98. The van der Waals surface area contributed by atoms with E-state index in [2.05, 4.69) is 4.72 Å². The zero-order valence-electron chi connectivity index (χ0n) is 10.8. The lowest BCUT2D eigenvalue weighted by atomic mass is 10.1. The second-order valence-electron chi connectivity index (χ2n) is 4.20. The third kappa shape index (κ3) is 3.67. The lowest BCUT2D eigenvalue weighted by Crippen LogP contribution is -2.29. The lowest BCUT2D eigenvalue weighted by Gasteiger charge is -2.12. The number of aliphatic hydroxyl groups excluding tert-OH is 1. The fraction of sp³-hybridized carbons (Fsp3) is 0.154. The van der Waals surface area contributed by atoms with E-state index in [9.17, 15) is 18.3 Å². The highest BCUT2D eigenvalue weighted by atomic mass is 32.2. The molecule has 2 rings (SSSR count). The molecule has 0 saturated heterocycles. The van der Waals surface area contributed by atoms with E-state index in [0.29, 0.717) is 5.56 Å². The summed E-state index contributed by atoms with van der Waals surface area (Å²) >= 11 is 0.834. The molecule has 2 aromatic rings. The normalized spacial score (nSPS) is 13.0. The third-order valence-corrected chi connectivity index (χ3v) is 5.26. The van der Waals surface area contributed by atoms with Gasteiger partial charge in [-0.3, -0.25) is 0 Å². The topological polar surface area (TPSA) is 104 Å². The molecule has 21 heavy (non-hydrogen) atoms. The van der Waals surface area contributed by atoms with Gasteiger partial charge < -0.3 is 10.2 Å². The molecule has 112 valence electrons. The van der Waals surface area contributed by atoms with Gasteiger partial charge in [0.05, 0.1) is 6.10 Å². The first kappa shape index (κ1) is 15.6. The average Bonchev–Trinajstić information content (AvgIpc) is 2.96. The molecular weight excluding hydrogens is 314 g/mol. The largest absolute Gasteiger partial charge is 0.477 e. The molecule has 6 nitrogen and oxygen atoms in total. The van der Waals surface area contributed by atoms with Gasteiger partial charge in [-0.15, -0.1) is 11.3 Å². The molecule has 0 saturated carbocycles. The number of sulfonamides is 1. The van der Waals surface area contributed by atoms with Crippen molar-refractivity contribution in [1.82, 2.24) is 4.72 Å². The fourth-order valence-corrected chi connectivity index (χ4v) is 4.02. The van der Waals surface area contributed by atoms with Gasteiger partial charge in [0.25, 0.3) is 0 Å². The number of nitrogens with one attached hydrogen (secondary N) is 1. The molecule has 0 radical (unpaired) electrons. The van der Waals surface area contributed by atoms with Crippen LogP contribution in [-0.4, -0.2) is 31.1 Å². The van der Waals surface area contributed by atoms with Crippen LogP contribution in [0.3, 0.4) is 0 Å². The van der Waals surface area contributed by atoms with Gasteiger partial charge in [0.15, 0.2) is 0 Å².